The third kappa shape index (κ3) is 3.74. The van der Waals surface area contributed by atoms with Crippen LogP contribution in [0.25, 0.3) is 0 Å². The van der Waals surface area contributed by atoms with E-state index in [9.17, 15) is 5.11 Å². The predicted molar refractivity (Wildman–Crippen MR) is 89.3 cm³/mol. The monoisotopic (exact) mass is 315 g/mol. The Hall–Kier alpha value is -1.85. The number of ether oxygens (including phenoxy) is 1. The van der Waals surface area contributed by atoms with Gasteiger partial charge in [-0.2, -0.15) is 5.10 Å². The molecule has 3 atom stereocenters. The Morgan fingerprint density at radius 1 is 1.30 bits per heavy atom. The highest BCUT2D eigenvalue weighted by molar-refractivity contribution is 5.21. The number of benzene rings is 1. The van der Waals surface area contributed by atoms with Gasteiger partial charge in [0.25, 0.3) is 0 Å². The molecule has 0 saturated heterocycles. The molecule has 0 spiro atoms. The first-order valence-electron chi connectivity index (χ1n) is 8.28. The molecule has 2 aromatic rings. The van der Waals surface area contributed by atoms with Gasteiger partial charge in [-0.25, -0.2) is 0 Å². The lowest BCUT2D eigenvalue weighted by Crippen LogP contribution is -2.42. The predicted octanol–water partition coefficient (Wildman–Crippen LogP) is 2.31. The van der Waals surface area contributed by atoms with Crippen LogP contribution in [0.3, 0.4) is 0 Å². The Morgan fingerprint density at radius 3 is 2.78 bits per heavy atom. The lowest BCUT2D eigenvalue weighted by Gasteiger charge is -2.28. The molecule has 0 unspecified atom stereocenters. The van der Waals surface area contributed by atoms with Crippen molar-refractivity contribution in [3.63, 3.8) is 0 Å². The van der Waals surface area contributed by atoms with Crippen molar-refractivity contribution in [2.75, 3.05) is 7.05 Å². The van der Waals surface area contributed by atoms with Crippen molar-refractivity contribution in [1.29, 1.82) is 0 Å². The summed E-state index contributed by atoms with van der Waals surface area (Å²) in [6.45, 7) is 3.75. The van der Waals surface area contributed by atoms with Crippen LogP contribution >= 0.6 is 0 Å². The maximum absolute atomic E-state index is 10.6. The van der Waals surface area contributed by atoms with Gasteiger partial charge in [-0.1, -0.05) is 18.2 Å². The van der Waals surface area contributed by atoms with E-state index in [-0.39, 0.29) is 12.1 Å². The van der Waals surface area contributed by atoms with E-state index >= 15 is 0 Å². The van der Waals surface area contributed by atoms with E-state index < -0.39 is 6.10 Å². The van der Waals surface area contributed by atoms with E-state index in [1.54, 1.807) is 0 Å². The zero-order valence-electron chi connectivity index (χ0n) is 13.8. The van der Waals surface area contributed by atoms with Crippen LogP contribution in [0, 0.1) is 0 Å². The van der Waals surface area contributed by atoms with Crippen molar-refractivity contribution < 1.29 is 9.84 Å². The van der Waals surface area contributed by atoms with E-state index in [1.807, 2.05) is 41.2 Å². The largest absolute Gasteiger partial charge is 0.488 e. The van der Waals surface area contributed by atoms with Gasteiger partial charge in [0.15, 0.2) is 0 Å². The van der Waals surface area contributed by atoms with Crippen LogP contribution in [0.4, 0.5) is 0 Å². The Morgan fingerprint density at radius 2 is 2.09 bits per heavy atom. The molecule has 5 nitrogen and oxygen atoms in total. The molecule has 1 heterocycles. The Labute approximate surface area is 137 Å². The maximum atomic E-state index is 10.6. The summed E-state index contributed by atoms with van der Waals surface area (Å²) >= 11 is 0. The molecular formula is C18H25N3O2. The molecule has 23 heavy (non-hydrogen) atoms. The molecule has 124 valence electrons. The number of aliphatic hydroxyl groups is 1. The minimum absolute atomic E-state index is 0.119. The summed E-state index contributed by atoms with van der Waals surface area (Å²) in [6.07, 6.45) is 5.18. The topological polar surface area (TPSA) is 50.5 Å². The van der Waals surface area contributed by atoms with E-state index in [0.717, 1.165) is 31.7 Å². The normalized spacial score (nSPS) is 24.3. The number of aliphatic hydroxyl groups excluding tert-OH is 1. The molecule has 0 aliphatic heterocycles. The summed E-state index contributed by atoms with van der Waals surface area (Å²) in [5.74, 6) is 0.823. The Bertz CT molecular complexity index is 614. The van der Waals surface area contributed by atoms with Crippen molar-refractivity contribution in [2.24, 2.45) is 0 Å². The first-order chi connectivity index (χ1) is 11.2. The third-order valence-electron chi connectivity index (χ3n) is 4.56. The van der Waals surface area contributed by atoms with E-state index in [1.165, 1.54) is 5.56 Å². The van der Waals surface area contributed by atoms with Gasteiger partial charge in [0.2, 0.25) is 0 Å². The van der Waals surface area contributed by atoms with Crippen LogP contribution in [0.5, 0.6) is 5.75 Å². The lowest BCUT2D eigenvalue weighted by molar-refractivity contribution is 0.0152. The molecule has 5 heteroatoms. The fraction of sp³-hybridized carbons (Fsp3) is 0.500. The minimum atomic E-state index is -0.471. The fourth-order valence-electron chi connectivity index (χ4n) is 3.27. The zero-order chi connectivity index (χ0) is 16.2. The molecule has 1 aliphatic carbocycles. The standard InChI is InChI=1S/C18H25N3O2/c1-3-21-13-14(11-19-21)12-20(2)16-9-10-17(18(16)22)23-15-7-5-4-6-8-15/h4-8,11,13,16-18,22H,3,9-10,12H2,1-2H3/t16-,17+,18+/m1/s1. The molecule has 1 aromatic heterocycles. The highest BCUT2D eigenvalue weighted by Gasteiger charge is 2.38. The number of likely N-dealkylation sites (N-methyl/N-ethyl adjacent to an activating group) is 1. The number of nitrogens with zero attached hydrogens (tertiary/aromatic N) is 3. The lowest BCUT2D eigenvalue weighted by atomic mass is 10.1. The molecule has 0 amide bonds. The molecule has 1 N–H and O–H groups in total. The summed E-state index contributed by atoms with van der Waals surface area (Å²) in [4.78, 5) is 2.20. The van der Waals surface area contributed by atoms with E-state index in [0.29, 0.717) is 0 Å². The van der Waals surface area contributed by atoms with Gasteiger partial charge in [0.05, 0.1) is 6.20 Å². The van der Waals surface area contributed by atoms with Crippen LogP contribution in [0.1, 0.15) is 25.3 Å². The molecule has 1 fully saturated rings. The summed E-state index contributed by atoms with van der Waals surface area (Å²) < 4.78 is 7.87. The Kier molecular flexibility index (Phi) is 4.98. The minimum Gasteiger partial charge on any atom is -0.488 e. The van der Waals surface area contributed by atoms with E-state index in [4.69, 9.17) is 4.74 Å². The smallest absolute Gasteiger partial charge is 0.126 e. The van der Waals surface area contributed by atoms with Crippen molar-refractivity contribution in [1.82, 2.24) is 14.7 Å². The molecule has 3 rings (SSSR count). The molecule has 1 aliphatic rings. The second kappa shape index (κ2) is 7.15. The SMILES string of the molecule is CCn1cc(CN(C)[C@@H]2CC[C@H](Oc3ccccc3)[C@H]2O)cn1. The second-order valence-electron chi connectivity index (χ2n) is 6.22. The average molecular weight is 315 g/mol. The number of para-hydroxylation sites is 1. The van der Waals surface area contributed by atoms with E-state index in [2.05, 4.69) is 30.2 Å². The van der Waals surface area contributed by atoms with Gasteiger partial charge >= 0.3 is 0 Å². The van der Waals surface area contributed by atoms with Crippen LogP contribution < -0.4 is 4.74 Å². The van der Waals surface area contributed by atoms with Gasteiger partial charge < -0.3 is 9.84 Å². The van der Waals surface area contributed by atoms with Gasteiger partial charge in [-0.05, 0) is 38.9 Å². The summed E-state index contributed by atoms with van der Waals surface area (Å²) in [5, 5.41) is 14.9. The second-order valence-corrected chi connectivity index (χ2v) is 6.22. The quantitative estimate of drug-likeness (QED) is 0.889. The molecule has 1 aromatic carbocycles. The summed E-state index contributed by atoms with van der Waals surface area (Å²) in [6, 6.07) is 9.85. The number of hydrogen-bond acceptors (Lipinski definition) is 4. The van der Waals surface area contributed by atoms with Crippen LogP contribution in [-0.4, -0.2) is 45.1 Å². The average Bonchev–Trinajstić information content (AvgIpc) is 3.16. The zero-order valence-corrected chi connectivity index (χ0v) is 13.8. The molecule has 0 radical (unpaired) electrons. The number of aryl methyl sites for hydroxylation is 1. The number of rotatable bonds is 6. The van der Waals surface area contributed by atoms with Crippen LogP contribution in [0.2, 0.25) is 0 Å². The molecule has 1 saturated carbocycles. The summed E-state index contributed by atoms with van der Waals surface area (Å²) in [5.41, 5.74) is 1.17. The highest BCUT2D eigenvalue weighted by atomic mass is 16.5. The van der Waals surface area contributed by atoms with Crippen LogP contribution in [0.15, 0.2) is 42.7 Å². The van der Waals surface area contributed by atoms with Crippen molar-refractivity contribution in [2.45, 2.75) is 51.1 Å². The van der Waals surface area contributed by atoms with Crippen molar-refractivity contribution >= 4 is 0 Å². The van der Waals surface area contributed by atoms with Gasteiger partial charge in [-0.15, -0.1) is 0 Å². The molecule has 0 bridgehead atoms. The van der Waals surface area contributed by atoms with Gasteiger partial charge in [0, 0.05) is 30.9 Å². The van der Waals surface area contributed by atoms with Crippen LogP contribution in [-0.2, 0) is 13.1 Å². The maximum Gasteiger partial charge on any atom is 0.126 e. The Balaban J connectivity index is 1.58. The van der Waals surface area contributed by atoms with Gasteiger partial charge in [-0.3, -0.25) is 9.58 Å². The van der Waals surface area contributed by atoms with Crippen molar-refractivity contribution in [3.8, 4) is 5.75 Å². The number of hydrogen-bond donors (Lipinski definition) is 1. The highest BCUT2D eigenvalue weighted by Crippen LogP contribution is 2.28. The first kappa shape index (κ1) is 16.0. The molecular weight excluding hydrogens is 290 g/mol. The first-order valence-corrected chi connectivity index (χ1v) is 8.28. The summed E-state index contributed by atoms with van der Waals surface area (Å²) in [7, 11) is 2.06. The third-order valence-corrected chi connectivity index (χ3v) is 4.56. The fourth-order valence-corrected chi connectivity index (χ4v) is 3.27. The number of aromatic nitrogens is 2. The van der Waals surface area contributed by atoms with Crippen molar-refractivity contribution in [3.05, 3.63) is 48.3 Å². The van der Waals surface area contributed by atoms with Gasteiger partial charge in [0.1, 0.15) is 18.0 Å².